The van der Waals surface area contributed by atoms with Crippen molar-refractivity contribution in [3.8, 4) is 0 Å². The molecule has 134 valence electrons. The standard InChI is InChI=1S/C19H18FN3O3/c1-10-7-14(10)19(26)23-12-4-2-3-11(8-12)18(25)22-13-5-6-16(20)15(9-13)17(21)24/h2-6,8-10,14H,7H2,1H3,(H2,21,24)(H,22,25)(H,23,26)/t10-,14-/m0/s1. The number of carbonyl (C=O) groups is 3. The summed E-state index contributed by atoms with van der Waals surface area (Å²) in [5, 5.41) is 5.37. The molecule has 2 aromatic carbocycles. The molecule has 2 aromatic rings. The number of nitrogens with two attached hydrogens (primary N) is 1. The predicted octanol–water partition coefficient (Wildman–Crippen LogP) is 2.77. The number of amides is 3. The molecule has 1 saturated carbocycles. The van der Waals surface area contributed by atoms with Gasteiger partial charge in [0.2, 0.25) is 5.91 Å². The molecule has 0 unspecified atom stereocenters. The van der Waals surface area contributed by atoms with Crippen LogP contribution in [0.2, 0.25) is 0 Å². The van der Waals surface area contributed by atoms with Gasteiger partial charge in [-0.2, -0.15) is 0 Å². The van der Waals surface area contributed by atoms with Gasteiger partial charge in [-0.1, -0.05) is 13.0 Å². The van der Waals surface area contributed by atoms with Crippen LogP contribution in [-0.4, -0.2) is 17.7 Å². The second-order valence-electron chi connectivity index (χ2n) is 6.40. The van der Waals surface area contributed by atoms with E-state index in [9.17, 15) is 18.8 Å². The highest BCUT2D eigenvalue weighted by Crippen LogP contribution is 2.38. The van der Waals surface area contributed by atoms with Crippen LogP contribution in [-0.2, 0) is 4.79 Å². The number of hydrogen-bond donors (Lipinski definition) is 3. The van der Waals surface area contributed by atoms with Crippen LogP contribution in [0.1, 0.15) is 34.1 Å². The number of nitrogens with one attached hydrogen (secondary N) is 2. The highest BCUT2D eigenvalue weighted by atomic mass is 19.1. The normalized spacial score (nSPS) is 18.1. The van der Waals surface area contributed by atoms with Crippen molar-refractivity contribution in [2.75, 3.05) is 10.6 Å². The summed E-state index contributed by atoms with van der Waals surface area (Å²) in [4.78, 5) is 35.6. The van der Waals surface area contributed by atoms with Gasteiger partial charge in [0.25, 0.3) is 11.8 Å². The Morgan fingerprint density at radius 2 is 1.77 bits per heavy atom. The van der Waals surface area contributed by atoms with Crippen molar-refractivity contribution >= 4 is 29.1 Å². The maximum atomic E-state index is 13.5. The molecule has 1 fully saturated rings. The van der Waals surface area contributed by atoms with E-state index in [1.807, 2.05) is 6.92 Å². The van der Waals surface area contributed by atoms with Crippen LogP contribution in [0.25, 0.3) is 0 Å². The van der Waals surface area contributed by atoms with Crippen LogP contribution in [0.5, 0.6) is 0 Å². The lowest BCUT2D eigenvalue weighted by molar-refractivity contribution is -0.117. The third-order valence-electron chi connectivity index (χ3n) is 4.33. The van der Waals surface area contributed by atoms with Crippen molar-refractivity contribution in [2.24, 2.45) is 17.6 Å². The molecule has 0 bridgehead atoms. The molecule has 4 N–H and O–H groups in total. The Labute approximate surface area is 149 Å². The van der Waals surface area contributed by atoms with Gasteiger partial charge in [0, 0.05) is 22.9 Å². The fourth-order valence-corrected chi connectivity index (χ4v) is 2.66. The SMILES string of the molecule is C[C@H]1C[C@@H]1C(=O)Nc1cccc(C(=O)Nc2ccc(F)c(C(N)=O)c2)c1. The molecule has 1 aliphatic rings. The van der Waals surface area contributed by atoms with Crippen LogP contribution in [0.3, 0.4) is 0 Å². The van der Waals surface area contributed by atoms with Crippen LogP contribution in [0.4, 0.5) is 15.8 Å². The Bertz CT molecular complexity index is 897. The number of benzene rings is 2. The molecule has 2 atom stereocenters. The molecule has 6 nitrogen and oxygen atoms in total. The molecular weight excluding hydrogens is 337 g/mol. The van der Waals surface area contributed by atoms with E-state index in [1.54, 1.807) is 24.3 Å². The number of halogens is 1. The average molecular weight is 355 g/mol. The molecule has 3 amide bonds. The second kappa shape index (κ2) is 6.95. The molecule has 3 rings (SSSR count). The molecule has 0 aromatic heterocycles. The zero-order chi connectivity index (χ0) is 18.8. The van der Waals surface area contributed by atoms with Gasteiger partial charge in [0.15, 0.2) is 0 Å². The Balaban J connectivity index is 1.72. The van der Waals surface area contributed by atoms with Crippen molar-refractivity contribution in [1.82, 2.24) is 0 Å². The number of carbonyl (C=O) groups excluding carboxylic acids is 3. The molecule has 0 aliphatic heterocycles. The van der Waals surface area contributed by atoms with Gasteiger partial charge >= 0.3 is 0 Å². The van der Waals surface area contributed by atoms with E-state index in [1.165, 1.54) is 12.1 Å². The van der Waals surface area contributed by atoms with Gasteiger partial charge in [-0.3, -0.25) is 14.4 Å². The topological polar surface area (TPSA) is 101 Å². The quantitative estimate of drug-likeness (QED) is 0.768. The Morgan fingerprint density at radius 1 is 1.08 bits per heavy atom. The summed E-state index contributed by atoms with van der Waals surface area (Å²) in [5.74, 6) is -1.77. The summed E-state index contributed by atoms with van der Waals surface area (Å²) in [5.41, 5.74) is 5.88. The van der Waals surface area contributed by atoms with Crippen molar-refractivity contribution in [1.29, 1.82) is 0 Å². The number of rotatable bonds is 5. The summed E-state index contributed by atoms with van der Waals surface area (Å²) in [7, 11) is 0. The summed E-state index contributed by atoms with van der Waals surface area (Å²) in [6, 6.07) is 10.1. The molecule has 0 spiro atoms. The largest absolute Gasteiger partial charge is 0.366 e. The monoisotopic (exact) mass is 355 g/mol. The Kier molecular flexibility index (Phi) is 4.71. The minimum absolute atomic E-state index is 0.0268. The molecule has 1 aliphatic carbocycles. The highest BCUT2D eigenvalue weighted by Gasteiger charge is 2.39. The number of anilines is 2. The van der Waals surface area contributed by atoms with Gasteiger partial charge in [-0.15, -0.1) is 0 Å². The van der Waals surface area contributed by atoms with Gasteiger partial charge < -0.3 is 16.4 Å². The first-order valence-electron chi connectivity index (χ1n) is 8.17. The Hall–Kier alpha value is -3.22. The fraction of sp³-hybridized carbons (Fsp3) is 0.211. The zero-order valence-electron chi connectivity index (χ0n) is 14.1. The van der Waals surface area contributed by atoms with Crippen molar-refractivity contribution in [3.05, 3.63) is 59.4 Å². The van der Waals surface area contributed by atoms with E-state index in [4.69, 9.17) is 5.73 Å². The third kappa shape index (κ3) is 3.88. The first-order valence-corrected chi connectivity index (χ1v) is 8.17. The number of hydrogen-bond acceptors (Lipinski definition) is 3. The number of primary amides is 1. The average Bonchev–Trinajstić information content (AvgIpc) is 3.33. The predicted molar refractivity (Wildman–Crippen MR) is 95.2 cm³/mol. The van der Waals surface area contributed by atoms with Gasteiger partial charge in [-0.05, 0) is 48.7 Å². The molecular formula is C19H18FN3O3. The van der Waals surface area contributed by atoms with Crippen LogP contribution < -0.4 is 16.4 Å². The lowest BCUT2D eigenvalue weighted by atomic mass is 10.1. The lowest BCUT2D eigenvalue weighted by Crippen LogP contribution is -2.17. The van der Waals surface area contributed by atoms with Gasteiger partial charge in [0.1, 0.15) is 5.82 Å². The second-order valence-corrected chi connectivity index (χ2v) is 6.40. The van der Waals surface area contributed by atoms with Crippen LogP contribution in [0, 0.1) is 17.7 Å². The smallest absolute Gasteiger partial charge is 0.255 e. The van der Waals surface area contributed by atoms with Gasteiger partial charge in [0.05, 0.1) is 5.56 Å². The van der Waals surface area contributed by atoms with E-state index in [0.29, 0.717) is 17.2 Å². The van der Waals surface area contributed by atoms with E-state index >= 15 is 0 Å². The molecule has 0 heterocycles. The molecule has 26 heavy (non-hydrogen) atoms. The van der Waals surface area contributed by atoms with E-state index < -0.39 is 17.6 Å². The first-order chi connectivity index (χ1) is 12.3. The Morgan fingerprint density at radius 3 is 2.42 bits per heavy atom. The summed E-state index contributed by atoms with van der Waals surface area (Å²) < 4.78 is 13.5. The zero-order valence-corrected chi connectivity index (χ0v) is 14.1. The van der Waals surface area contributed by atoms with E-state index in [2.05, 4.69) is 10.6 Å². The van der Waals surface area contributed by atoms with Crippen molar-refractivity contribution < 1.29 is 18.8 Å². The minimum atomic E-state index is -0.919. The van der Waals surface area contributed by atoms with Gasteiger partial charge in [-0.25, -0.2) is 4.39 Å². The lowest BCUT2D eigenvalue weighted by Gasteiger charge is -2.09. The highest BCUT2D eigenvalue weighted by molar-refractivity contribution is 6.06. The van der Waals surface area contributed by atoms with E-state index in [-0.39, 0.29) is 23.1 Å². The maximum absolute atomic E-state index is 13.5. The molecule has 7 heteroatoms. The van der Waals surface area contributed by atoms with Crippen molar-refractivity contribution in [2.45, 2.75) is 13.3 Å². The third-order valence-corrected chi connectivity index (χ3v) is 4.33. The minimum Gasteiger partial charge on any atom is -0.366 e. The van der Waals surface area contributed by atoms with E-state index in [0.717, 1.165) is 12.5 Å². The van der Waals surface area contributed by atoms with Crippen LogP contribution >= 0.6 is 0 Å². The van der Waals surface area contributed by atoms with Crippen molar-refractivity contribution in [3.63, 3.8) is 0 Å². The summed E-state index contributed by atoms with van der Waals surface area (Å²) in [6.45, 7) is 2.01. The fourth-order valence-electron chi connectivity index (χ4n) is 2.66. The first kappa shape index (κ1) is 17.6. The molecule has 0 saturated heterocycles. The summed E-state index contributed by atoms with van der Waals surface area (Å²) in [6.07, 6.45) is 0.874. The maximum Gasteiger partial charge on any atom is 0.255 e. The molecule has 0 radical (unpaired) electrons. The van der Waals surface area contributed by atoms with Crippen LogP contribution in [0.15, 0.2) is 42.5 Å². The summed E-state index contributed by atoms with van der Waals surface area (Å²) >= 11 is 0.